The summed E-state index contributed by atoms with van der Waals surface area (Å²) in [5.41, 5.74) is 3.18. The van der Waals surface area contributed by atoms with E-state index in [1.165, 1.54) is 24.3 Å². The molecule has 30 heavy (non-hydrogen) atoms. The summed E-state index contributed by atoms with van der Waals surface area (Å²) in [7, 11) is -3.89. The van der Waals surface area contributed by atoms with Crippen LogP contribution in [-0.2, 0) is 32.4 Å². The lowest BCUT2D eigenvalue weighted by atomic mass is 10.0. The first-order chi connectivity index (χ1) is 14.3. The van der Waals surface area contributed by atoms with E-state index in [0.717, 1.165) is 36.0 Å². The van der Waals surface area contributed by atoms with Gasteiger partial charge in [-0.3, -0.25) is 9.78 Å². The number of para-hydroxylation sites is 1. The van der Waals surface area contributed by atoms with E-state index in [9.17, 15) is 18.0 Å². The molecule has 3 aromatic rings. The molecule has 0 atom stereocenters. The van der Waals surface area contributed by atoms with Crippen molar-refractivity contribution in [2.75, 3.05) is 11.9 Å². The predicted octanol–water partition coefficient (Wildman–Crippen LogP) is 2.17. The van der Waals surface area contributed by atoms with Gasteiger partial charge in [-0.2, -0.15) is 0 Å². The third kappa shape index (κ3) is 4.03. The van der Waals surface area contributed by atoms with Gasteiger partial charge < -0.3 is 10.1 Å². The number of hydrogen-bond donors (Lipinski definition) is 2. The van der Waals surface area contributed by atoms with Gasteiger partial charge in [-0.25, -0.2) is 18.4 Å². The molecule has 1 aromatic heterocycles. The highest BCUT2D eigenvalue weighted by atomic mass is 32.2. The Morgan fingerprint density at radius 1 is 1.10 bits per heavy atom. The first kappa shape index (κ1) is 20.0. The molecular formula is C21H19N3O5S. The Kier molecular flexibility index (Phi) is 5.23. The SMILES string of the molecule is NS(=O)(=O)c1cccc(NC(=O)COC(=O)c2c3c(nc4ccccc24)CCC3)c1. The topological polar surface area (TPSA) is 128 Å². The minimum absolute atomic E-state index is 0.129. The van der Waals surface area contributed by atoms with E-state index in [-0.39, 0.29) is 10.6 Å². The van der Waals surface area contributed by atoms with Crippen LogP contribution in [0.2, 0.25) is 0 Å². The van der Waals surface area contributed by atoms with E-state index in [4.69, 9.17) is 9.88 Å². The minimum atomic E-state index is -3.89. The van der Waals surface area contributed by atoms with Gasteiger partial charge in [-0.05, 0) is 49.1 Å². The molecule has 9 heteroatoms. The number of nitrogens with one attached hydrogen (secondary N) is 1. The zero-order valence-corrected chi connectivity index (χ0v) is 16.7. The van der Waals surface area contributed by atoms with Gasteiger partial charge in [0.15, 0.2) is 6.61 Å². The molecule has 1 aliphatic carbocycles. The number of esters is 1. The Labute approximate surface area is 173 Å². The van der Waals surface area contributed by atoms with Crippen LogP contribution in [0.5, 0.6) is 0 Å². The molecule has 0 spiro atoms. The first-order valence-corrected chi connectivity index (χ1v) is 10.9. The van der Waals surface area contributed by atoms with Crippen molar-refractivity contribution in [1.82, 2.24) is 4.98 Å². The number of anilines is 1. The molecule has 1 aliphatic rings. The average Bonchev–Trinajstić information content (AvgIpc) is 3.17. The van der Waals surface area contributed by atoms with Gasteiger partial charge in [0.25, 0.3) is 5.91 Å². The highest BCUT2D eigenvalue weighted by molar-refractivity contribution is 7.89. The number of nitrogens with zero attached hydrogens (tertiary/aromatic N) is 1. The van der Waals surface area contributed by atoms with Gasteiger partial charge in [-0.1, -0.05) is 24.3 Å². The molecule has 3 N–H and O–H groups in total. The number of benzene rings is 2. The Morgan fingerprint density at radius 2 is 1.90 bits per heavy atom. The second-order valence-corrected chi connectivity index (χ2v) is 8.54. The Hall–Kier alpha value is -3.30. The zero-order valence-electron chi connectivity index (χ0n) is 15.9. The van der Waals surface area contributed by atoms with Gasteiger partial charge in [0.05, 0.1) is 16.0 Å². The number of nitrogens with two attached hydrogens (primary N) is 1. The van der Waals surface area contributed by atoms with Crippen LogP contribution in [-0.4, -0.2) is 31.9 Å². The lowest BCUT2D eigenvalue weighted by molar-refractivity contribution is -0.119. The number of amides is 1. The van der Waals surface area contributed by atoms with Crippen molar-refractivity contribution in [3.63, 3.8) is 0 Å². The van der Waals surface area contributed by atoms with E-state index in [2.05, 4.69) is 10.3 Å². The average molecular weight is 425 g/mol. The maximum atomic E-state index is 12.8. The van der Waals surface area contributed by atoms with Crippen LogP contribution in [0, 0.1) is 0 Å². The molecule has 0 aliphatic heterocycles. The number of carbonyl (C=O) groups is 2. The smallest absolute Gasteiger partial charge is 0.339 e. The molecule has 0 unspecified atom stereocenters. The van der Waals surface area contributed by atoms with Crippen LogP contribution in [0.25, 0.3) is 10.9 Å². The number of aromatic nitrogens is 1. The summed E-state index contributed by atoms with van der Waals surface area (Å²) in [6.07, 6.45) is 2.46. The van der Waals surface area contributed by atoms with Crippen molar-refractivity contribution in [2.45, 2.75) is 24.2 Å². The Bertz CT molecular complexity index is 1270. The molecule has 0 radical (unpaired) electrons. The first-order valence-electron chi connectivity index (χ1n) is 9.33. The lowest BCUT2D eigenvalue weighted by Gasteiger charge is -2.12. The Balaban J connectivity index is 1.50. The zero-order chi connectivity index (χ0) is 21.3. The summed E-state index contributed by atoms with van der Waals surface area (Å²) >= 11 is 0. The van der Waals surface area contributed by atoms with Crippen molar-refractivity contribution in [3.05, 3.63) is 65.4 Å². The number of rotatable bonds is 5. The number of aryl methyl sites for hydroxylation is 1. The molecule has 2 aromatic carbocycles. The van der Waals surface area contributed by atoms with E-state index in [1.54, 1.807) is 0 Å². The van der Waals surface area contributed by atoms with Crippen LogP contribution in [0.3, 0.4) is 0 Å². The third-order valence-corrected chi connectivity index (χ3v) is 5.82. The fourth-order valence-electron chi connectivity index (χ4n) is 3.60. The number of carbonyl (C=O) groups excluding carboxylic acids is 2. The largest absolute Gasteiger partial charge is 0.452 e. The fraction of sp³-hybridized carbons (Fsp3) is 0.190. The molecule has 0 saturated heterocycles. The monoisotopic (exact) mass is 425 g/mol. The molecule has 154 valence electrons. The normalized spacial score (nSPS) is 13.1. The minimum Gasteiger partial charge on any atom is -0.452 e. The second-order valence-electron chi connectivity index (χ2n) is 6.98. The van der Waals surface area contributed by atoms with Crippen LogP contribution < -0.4 is 10.5 Å². The van der Waals surface area contributed by atoms with Gasteiger partial charge in [0, 0.05) is 16.8 Å². The van der Waals surface area contributed by atoms with Gasteiger partial charge in [-0.15, -0.1) is 0 Å². The molecular weight excluding hydrogens is 406 g/mol. The highest BCUT2D eigenvalue weighted by Crippen LogP contribution is 2.30. The quantitative estimate of drug-likeness (QED) is 0.603. The van der Waals surface area contributed by atoms with Crippen molar-refractivity contribution in [3.8, 4) is 0 Å². The number of sulfonamides is 1. The molecule has 4 rings (SSSR count). The second kappa shape index (κ2) is 7.85. The Morgan fingerprint density at radius 3 is 2.70 bits per heavy atom. The number of fused-ring (bicyclic) bond motifs is 2. The summed E-state index contributed by atoms with van der Waals surface area (Å²) in [5.74, 6) is -1.18. The van der Waals surface area contributed by atoms with Crippen LogP contribution in [0.4, 0.5) is 5.69 Å². The highest BCUT2D eigenvalue weighted by Gasteiger charge is 2.25. The van der Waals surface area contributed by atoms with E-state index in [0.29, 0.717) is 10.9 Å². The third-order valence-electron chi connectivity index (χ3n) is 4.90. The van der Waals surface area contributed by atoms with Crippen LogP contribution >= 0.6 is 0 Å². The summed E-state index contributed by atoms with van der Waals surface area (Å²) in [6, 6.07) is 12.9. The van der Waals surface area contributed by atoms with Gasteiger partial charge in [0.2, 0.25) is 10.0 Å². The van der Waals surface area contributed by atoms with Crippen molar-refractivity contribution in [1.29, 1.82) is 0 Å². The fourth-order valence-corrected chi connectivity index (χ4v) is 4.15. The van der Waals surface area contributed by atoms with Crippen molar-refractivity contribution < 1.29 is 22.7 Å². The predicted molar refractivity (Wildman–Crippen MR) is 110 cm³/mol. The van der Waals surface area contributed by atoms with Crippen molar-refractivity contribution in [2.24, 2.45) is 5.14 Å². The maximum Gasteiger partial charge on any atom is 0.339 e. The lowest BCUT2D eigenvalue weighted by Crippen LogP contribution is -2.22. The number of primary sulfonamides is 1. The standard InChI is InChI=1S/C21H19N3O5S/c22-30(27,28)14-6-3-5-13(11-14)23-19(25)12-29-21(26)20-15-7-1-2-9-17(15)24-18-10-4-8-16(18)20/h1-3,5-7,9,11H,4,8,10,12H2,(H,23,25)(H2,22,27,28). The number of ether oxygens (including phenoxy) is 1. The number of pyridine rings is 1. The summed E-state index contributed by atoms with van der Waals surface area (Å²) in [4.78, 5) is 29.6. The molecule has 1 amide bonds. The van der Waals surface area contributed by atoms with E-state index < -0.39 is 28.5 Å². The summed E-state index contributed by atoms with van der Waals surface area (Å²) in [6.45, 7) is -0.510. The van der Waals surface area contributed by atoms with Crippen LogP contribution in [0.15, 0.2) is 53.4 Å². The summed E-state index contributed by atoms with van der Waals surface area (Å²) in [5, 5.41) is 8.30. The maximum absolute atomic E-state index is 12.8. The summed E-state index contributed by atoms with van der Waals surface area (Å²) < 4.78 is 28.1. The molecule has 0 saturated carbocycles. The van der Waals surface area contributed by atoms with Crippen LogP contribution in [0.1, 0.15) is 28.0 Å². The van der Waals surface area contributed by atoms with Gasteiger partial charge in [0.1, 0.15) is 0 Å². The molecule has 1 heterocycles. The van der Waals surface area contributed by atoms with E-state index in [1.807, 2.05) is 24.3 Å². The number of hydrogen-bond acceptors (Lipinski definition) is 6. The van der Waals surface area contributed by atoms with Gasteiger partial charge >= 0.3 is 5.97 Å². The van der Waals surface area contributed by atoms with E-state index >= 15 is 0 Å². The molecule has 0 fully saturated rings. The molecule has 0 bridgehead atoms. The van der Waals surface area contributed by atoms with Crippen molar-refractivity contribution >= 4 is 38.5 Å². The molecule has 8 nitrogen and oxygen atoms in total.